The second-order valence-corrected chi connectivity index (χ2v) is 16.7. The summed E-state index contributed by atoms with van der Waals surface area (Å²) in [4.78, 5) is 24.7. The zero-order valence-corrected chi connectivity index (χ0v) is 27.7. The van der Waals surface area contributed by atoms with Gasteiger partial charge in [-0.25, -0.2) is 0 Å². The highest BCUT2D eigenvalue weighted by atomic mass is 32.1. The van der Waals surface area contributed by atoms with E-state index >= 15 is 0 Å². The minimum absolute atomic E-state index is 0. The molecule has 5 aliphatic carbocycles. The van der Waals surface area contributed by atoms with Crippen molar-refractivity contribution < 1.29 is 28.9 Å². The maximum Gasteiger partial charge on any atom is 0.323 e. The third-order valence-corrected chi connectivity index (χ3v) is 14.3. The first kappa shape index (κ1) is 31.2. The van der Waals surface area contributed by atoms with Crippen LogP contribution in [0, 0.1) is 45.3 Å². The SMILES string of the molecule is CC(=O)O[C@@H](C1CCC2C(CC3C4CCC5C(C)(C)[C@@H](OC(=O)C6CCN6)CC[C@@]56C[C@@]46CC[C@]23C)O1)C(C)(C)O.S. The van der Waals surface area contributed by atoms with Crippen molar-refractivity contribution in [2.24, 2.45) is 45.3 Å². The lowest BCUT2D eigenvalue weighted by Gasteiger charge is -2.59. The van der Waals surface area contributed by atoms with Gasteiger partial charge in [-0.15, -0.1) is 0 Å². The Morgan fingerprint density at radius 3 is 2.31 bits per heavy atom. The molecule has 7 rings (SSSR count). The van der Waals surface area contributed by atoms with Gasteiger partial charge in [0.1, 0.15) is 12.1 Å². The largest absolute Gasteiger partial charge is 0.461 e. The van der Waals surface area contributed by atoms with Gasteiger partial charge in [-0.3, -0.25) is 9.59 Å². The van der Waals surface area contributed by atoms with Crippen molar-refractivity contribution in [3.05, 3.63) is 0 Å². The summed E-state index contributed by atoms with van der Waals surface area (Å²) >= 11 is 0. The molecule has 7 unspecified atom stereocenters. The third-order valence-electron chi connectivity index (χ3n) is 14.3. The van der Waals surface area contributed by atoms with Crippen molar-refractivity contribution in [1.82, 2.24) is 5.32 Å². The second kappa shape index (κ2) is 10.1. The van der Waals surface area contributed by atoms with Crippen LogP contribution < -0.4 is 5.32 Å². The Kier molecular flexibility index (Phi) is 7.48. The van der Waals surface area contributed by atoms with E-state index in [-0.39, 0.29) is 55.2 Å². The fourth-order valence-electron chi connectivity index (χ4n) is 12.3. The molecule has 5 saturated carbocycles. The number of hydrogen-bond donors (Lipinski definition) is 2. The van der Waals surface area contributed by atoms with Gasteiger partial charge in [0.15, 0.2) is 6.10 Å². The van der Waals surface area contributed by atoms with Crippen LogP contribution in [0.4, 0.5) is 0 Å². The number of carbonyl (C=O) groups is 2. The molecule has 0 amide bonds. The summed E-state index contributed by atoms with van der Waals surface area (Å²) in [5.41, 5.74) is 0.0240. The van der Waals surface area contributed by atoms with Gasteiger partial charge in [0.05, 0.1) is 17.8 Å². The van der Waals surface area contributed by atoms with Crippen LogP contribution in [0.25, 0.3) is 0 Å². The van der Waals surface area contributed by atoms with Crippen LogP contribution in [0.3, 0.4) is 0 Å². The predicted octanol–water partition coefficient (Wildman–Crippen LogP) is 5.28. The van der Waals surface area contributed by atoms with E-state index in [1.807, 2.05) is 0 Å². The van der Waals surface area contributed by atoms with E-state index in [0.29, 0.717) is 34.0 Å². The van der Waals surface area contributed by atoms with Gasteiger partial charge in [0.25, 0.3) is 0 Å². The Morgan fingerprint density at radius 2 is 1.67 bits per heavy atom. The number of esters is 2. The molecule has 42 heavy (non-hydrogen) atoms. The van der Waals surface area contributed by atoms with Crippen LogP contribution in [-0.2, 0) is 23.8 Å². The van der Waals surface area contributed by atoms with Gasteiger partial charge < -0.3 is 24.6 Å². The Morgan fingerprint density at radius 1 is 0.952 bits per heavy atom. The average molecular weight is 606 g/mol. The molecule has 0 aromatic heterocycles. The smallest absolute Gasteiger partial charge is 0.323 e. The number of aliphatic hydroxyl groups is 1. The minimum Gasteiger partial charge on any atom is -0.461 e. The molecule has 2 N–H and O–H groups in total. The van der Waals surface area contributed by atoms with E-state index in [9.17, 15) is 14.7 Å². The minimum atomic E-state index is -1.14. The standard InChI is InChI=1S/C34H53NO6.H2S/c1-19(36)39-28(31(4,5)38)24-9-7-21-25(40-24)17-22-20-8-10-26-30(2,3)27(41-29(37)23-12-16-35-23)11-13-34(26)18-33(20,34)15-14-32(21,22)6;/h20-28,35,38H,7-18H2,1-6H3;1H2/t20?,21?,22?,23?,24?,25?,26?,27-,28-,32+,33-,34+;/m0./s1. The second-order valence-electron chi connectivity index (χ2n) is 16.7. The van der Waals surface area contributed by atoms with Crippen molar-refractivity contribution in [2.75, 3.05) is 6.54 Å². The first-order valence-electron chi connectivity index (χ1n) is 16.7. The lowest BCUT2D eigenvalue weighted by Crippen LogP contribution is -2.56. The molecule has 2 spiro atoms. The molecule has 0 aromatic rings. The maximum atomic E-state index is 12.8. The molecule has 0 aromatic carbocycles. The molecule has 8 heteroatoms. The van der Waals surface area contributed by atoms with Crippen molar-refractivity contribution in [1.29, 1.82) is 0 Å². The molecule has 2 saturated heterocycles. The summed E-state index contributed by atoms with van der Waals surface area (Å²) in [5, 5.41) is 14.1. The maximum absolute atomic E-state index is 12.8. The average Bonchev–Trinajstić information content (AvgIpc) is 3.42. The van der Waals surface area contributed by atoms with Crippen LogP contribution >= 0.6 is 13.5 Å². The Labute approximate surface area is 259 Å². The molecule has 7 aliphatic rings. The van der Waals surface area contributed by atoms with E-state index in [1.54, 1.807) is 13.8 Å². The van der Waals surface area contributed by atoms with Crippen molar-refractivity contribution in [3.63, 3.8) is 0 Å². The number of hydrogen-bond acceptors (Lipinski definition) is 7. The Balaban J connectivity index is 0.00000316. The molecule has 0 radical (unpaired) electrons. The zero-order chi connectivity index (χ0) is 29.2. The molecule has 2 heterocycles. The number of fused-ring (bicyclic) bond motifs is 4. The van der Waals surface area contributed by atoms with Crippen molar-refractivity contribution >= 4 is 25.4 Å². The van der Waals surface area contributed by atoms with Gasteiger partial charge in [-0.1, -0.05) is 20.8 Å². The summed E-state index contributed by atoms with van der Waals surface area (Å²) in [6, 6.07) is -0.0961. The van der Waals surface area contributed by atoms with Crippen LogP contribution in [0.2, 0.25) is 0 Å². The van der Waals surface area contributed by atoms with Crippen LogP contribution in [0.5, 0.6) is 0 Å². The van der Waals surface area contributed by atoms with E-state index < -0.39 is 11.7 Å². The highest BCUT2D eigenvalue weighted by molar-refractivity contribution is 7.59. The fraction of sp³-hybridized carbons (Fsp3) is 0.941. The molecule has 0 bridgehead atoms. The predicted molar refractivity (Wildman–Crippen MR) is 164 cm³/mol. The molecular formula is C34H55NO6S. The van der Waals surface area contributed by atoms with Gasteiger partial charge in [-0.05, 0) is 131 Å². The van der Waals surface area contributed by atoms with E-state index in [0.717, 1.165) is 44.6 Å². The van der Waals surface area contributed by atoms with E-state index in [4.69, 9.17) is 14.2 Å². The van der Waals surface area contributed by atoms with Gasteiger partial charge in [0, 0.05) is 12.3 Å². The number of carbonyl (C=O) groups excluding carboxylic acids is 2. The molecular weight excluding hydrogens is 550 g/mol. The highest BCUT2D eigenvalue weighted by Crippen LogP contribution is 2.87. The lowest BCUT2D eigenvalue weighted by atomic mass is 9.46. The normalized spacial score (nSPS) is 48.8. The lowest BCUT2D eigenvalue weighted by molar-refractivity contribution is -0.200. The van der Waals surface area contributed by atoms with Crippen LogP contribution in [0.1, 0.15) is 112 Å². The first-order valence-corrected chi connectivity index (χ1v) is 16.7. The number of ether oxygens (including phenoxy) is 3. The quantitative estimate of drug-likeness (QED) is 0.412. The van der Waals surface area contributed by atoms with E-state index in [1.165, 1.54) is 45.4 Å². The Hall–Kier alpha value is -0.830. The van der Waals surface area contributed by atoms with Gasteiger partial charge in [-0.2, -0.15) is 13.5 Å². The summed E-state index contributed by atoms with van der Waals surface area (Å²) in [6.07, 6.45) is 11.9. The molecule has 7 fully saturated rings. The van der Waals surface area contributed by atoms with E-state index in [2.05, 4.69) is 26.1 Å². The van der Waals surface area contributed by atoms with Crippen LogP contribution in [-0.4, -0.2) is 59.6 Å². The van der Waals surface area contributed by atoms with Crippen molar-refractivity contribution in [3.8, 4) is 0 Å². The van der Waals surface area contributed by atoms with Crippen molar-refractivity contribution in [2.45, 2.75) is 148 Å². The molecule has 238 valence electrons. The Bertz CT molecular complexity index is 1100. The fourth-order valence-corrected chi connectivity index (χ4v) is 12.3. The third kappa shape index (κ3) is 4.30. The molecule has 12 atom stereocenters. The molecule has 7 nitrogen and oxygen atoms in total. The summed E-state index contributed by atoms with van der Waals surface area (Å²) in [7, 11) is 0. The van der Waals surface area contributed by atoms with Gasteiger partial charge in [0.2, 0.25) is 0 Å². The zero-order valence-electron chi connectivity index (χ0n) is 26.7. The summed E-state index contributed by atoms with van der Waals surface area (Å²) in [5.74, 6) is 2.18. The summed E-state index contributed by atoms with van der Waals surface area (Å²) in [6.45, 7) is 13.1. The number of rotatable bonds is 5. The first-order chi connectivity index (χ1) is 19.2. The highest BCUT2D eigenvalue weighted by Gasteiger charge is 2.81. The van der Waals surface area contributed by atoms with Crippen LogP contribution in [0.15, 0.2) is 0 Å². The monoisotopic (exact) mass is 605 g/mol. The molecule has 2 aliphatic heterocycles. The topological polar surface area (TPSA) is 94.1 Å². The van der Waals surface area contributed by atoms with Gasteiger partial charge >= 0.3 is 11.9 Å². The number of nitrogens with one attached hydrogen (secondary N) is 1. The summed E-state index contributed by atoms with van der Waals surface area (Å²) < 4.78 is 18.7.